The van der Waals surface area contributed by atoms with Gasteiger partial charge in [0, 0.05) is 0 Å². The number of carbonyl (C=O) groups is 1. The molecule has 0 aliphatic carbocycles. The van der Waals surface area contributed by atoms with E-state index < -0.39 is 0 Å². The van der Waals surface area contributed by atoms with Gasteiger partial charge in [-0.3, -0.25) is 10.1 Å². The zero-order valence-corrected chi connectivity index (χ0v) is 9.15. The van der Waals surface area contributed by atoms with Crippen molar-refractivity contribution in [2.24, 2.45) is 0 Å². The first-order valence-electron chi connectivity index (χ1n) is 4.34. The van der Waals surface area contributed by atoms with Crippen LogP contribution in [0.25, 0.3) is 0 Å². The summed E-state index contributed by atoms with van der Waals surface area (Å²) in [6.07, 6.45) is 2.62. The fourth-order valence-electron chi connectivity index (χ4n) is 0.964. The summed E-state index contributed by atoms with van der Waals surface area (Å²) in [5.74, 6) is -0.119. The second-order valence-corrected chi connectivity index (χ2v) is 4.09. The maximum absolute atomic E-state index is 11.6. The standard InChI is InChI=1S/C8H8N6OS/c1-4-13-14-8(16-4)12-7(15)5-2-11-6(9)3-10-5/h2-3H,1H3,(H2,9,11)(H,12,14,15). The number of carbonyl (C=O) groups excluding carboxylic acids is 1. The first-order valence-corrected chi connectivity index (χ1v) is 5.16. The Morgan fingerprint density at radius 3 is 2.75 bits per heavy atom. The lowest BCUT2D eigenvalue weighted by molar-refractivity contribution is 0.102. The van der Waals surface area contributed by atoms with Crippen molar-refractivity contribution in [3.63, 3.8) is 0 Å². The summed E-state index contributed by atoms with van der Waals surface area (Å²) in [6, 6.07) is 0. The molecular formula is C8H8N6OS. The van der Waals surface area contributed by atoms with Crippen LogP contribution in [0.2, 0.25) is 0 Å². The van der Waals surface area contributed by atoms with Crippen LogP contribution in [0, 0.1) is 6.92 Å². The van der Waals surface area contributed by atoms with Gasteiger partial charge in [0.25, 0.3) is 5.91 Å². The lowest BCUT2D eigenvalue weighted by Crippen LogP contribution is -2.14. The largest absolute Gasteiger partial charge is 0.382 e. The van der Waals surface area contributed by atoms with Crippen molar-refractivity contribution >= 4 is 28.2 Å². The molecule has 8 heteroatoms. The van der Waals surface area contributed by atoms with Gasteiger partial charge in [0.1, 0.15) is 16.5 Å². The SMILES string of the molecule is Cc1nnc(NC(=O)c2cnc(N)cn2)s1. The third-order valence-electron chi connectivity index (χ3n) is 1.65. The molecule has 0 aliphatic rings. The Balaban J connectivity index is 2.11. The van der Waals surface area contributed by atoms with E-state index in [1.807, 2.05) is 0 Å². The van der Waals surface area contributed by atoms with E-state index in [1.165, 1.54) is 23.7 Å². The fraction of sp³-hybridized carbons (Fsp3) is 0.125. The molecule has 0 saturated carbocycles. The molecule has 1 amide bonds. The summed E-state index contributed by atoms with van der Waals surface area (Å²) in [4.78, 5) is 19.2. The number of hydrogen-bond donors (Lipinski definition) is 2. The number of nitrogens with zero attached hydrogens (tertiary/aromatic N) is 4. The van der Waals surface area contributed by atoms with Gasteiger partial charge in [-0.1, -0.05) is 11.3 Å². The number of aryl methyl sites for hydroxylation is 1. The van der Waals surface area contributed by atoms with Gasteiger partial charge in [-0.2, -0.15) is 0 Å². The molecule has 0 atom stereocenters. The fourth-order valence-corrected chi connectivity index (χ4v) is 1.55. The second-order valence-electron chi connectivity index (χ2n) is 2.91. The van der Waals surface area contributed by atoms with Gasteiger partial charge in [-0.05, 0) is 6.92 Å². The van der Waals surface area contributed by atoms with E-state index >= 15 is 0 Å². The van der Waals surface area contributed by atoms with Gasteiger partial charge < -0.3 is 5.73 Å². The highest BCUT2D eigenvalue weighted by atomic mass is 32.1. The number of nitrogens with two attached hydrogens (primary N) is 1. The minimum Gasteiger partial charge on any atom is -0.382 e. The molecule has 0 bridgehead atoms. The molecule has 0 unspecified atom stereocenters. The molecule has 2 aromatic rings. The molecule has 0 fully saturated rings. The summed E-state index contributed by atoms with van der Waals surface area (Å²) >= 11 is 1.29. The summed E-state index contributed by atoms with van der Waals surface area (Å²) in [7, 11) is 0. The third kappa shape index (κ3) is 2.28. The Morgan fingerprint density at radius 2 is 2.19 bits per heavy atom. The van der Waals surface area contributed by atoms with Crippen molar-refractivity contribution in [1.29, 1.82) is 0 Å². The number of aromatic nitrogens is 4. The van der Waals surface area contributed by atoms with Gasteiger partial charge in [-0.15, -0.1) is 10.2 Å². The predicted molar refractivity (Wildman–Crippen MR) is 59.0 cm³/mol. The lowest BCUT2D eigenvalue weighted by atomic mass is 10.4. The first kappa shape index (κ1) is 10.4. The molecule has 0 aromatic carbocycles. The molecule has 0 spiro atoms. The number of nitrogen functional groups attached to an aromatic ring is 1. The Kier molecular flexibility index (Phi) is 2.73. The minimum atomic E-state index is -0.386. The highest BCUT2D eigenvalue weighted by molar-refractivity contribution is 7.15. The molecule has 16 heavy (non-hydrogen) atoms. The number of rotatable bonds is 2. The van der Waals surface area contributed by atoms with Crippen molar-refractivity contribution in [2.45, 2.75) is 6.92 Å². The number of anilines is 2. The van der Waals surface area contributed by atoms with Crippen molar-refractivity contribution in [3.8, 4) is 0 Å². The highest BCUT2D eigenvalue weighted by Gasteiger charge is 2.10. The first-order chi connectivity index (χ1) is 7.65. The highest BCUT2D eigenvalue weighted by Crippen LogP contribution is 2.14. The number of nitrogens with one attached hydrogen (secondary N) is 1. The molecule has 7 nitrogen and oxygen atoms in total. The van der Waals surface area contributed by atoms with E-state index in [-0.39, 0.29) is 17.4 Å². The van der Waals surface area contributed by atoms with Crippen molar-refractivity contribution < 1.29 is 4.79 Å². The van der Waals surface area contributed by atoms with Crippen LogP contribution in [0.15, 0.2) is 12.4 Å². The molecule has 82 valence electrons. The average molecular weight is 236 g/mol. The van der Waals surface area contributed by atoms with E-state index in [4.69, 9.17) is 5.73 Å². The van der Waals surface area contributed by atoms with Crippen LogP contribution in [0.5, 0.6) is 0 Å². The van der Waals surface area contributed by atoms with Crippen molar-refractivity contribution in [2.75, 3.05) is 11.1 Å². The third-order valence-corrected chi connectivity index (χ3v) is 2.41. The molecule has 2 heterocycles. The smallest absolute Gasteiger partial charge is 0.277 e. The zero-order chi connectivity index (χ0) is 11.5. The van der Waals surface area contributed by atoms with Crippen LogP contribution in [0.1, 0.15) is 15.5 Å². The van der Waals surface area contributed by atoms with Crippen LogP contribution in [-0.2, 0) is 0 Å². The van der Waals surface area contributed by atoms with E-state index in [9.17, 15) is 4.79 Å². The Morgan fingerprint density at radius 1 is 1.38 bits per heavy atom. The van der Waals surface area contributed by atoms with Crippen LogP contribution in [0.3, 0.4) is 0 Å². The molecule has 0 saturated heterocycles. The van der Waals surface area contributed by atoms with Crippen LogP contribution < -0.4 is 11.1 Å². The van der Waals surface area contributed by atoms with Gasteiger partial charge in [0.15, 0.2) is 0 Å². The summed E-state index contributed by atoms with van der Waals surface area (Å²) in [5.41, 5.74) is 5.54. The Labute approximate surface area is 94.8 Å². The van der Waals surface area contributed by atoms with Gasteiger partial charge in [0.05, 0.1) is 12.4 Å². The summed E-state index contributed by atoms with van der Waals surface area (Å²) in [5, 5.41) is 11.3. The Hall–Kier alpha value is -2.09. The minimum absolute atomic E-state index is 0.182. The van der Waals surface area contributed by atoms with Gasteiger partial charge in [-0.25, -0.2) is 9.97 Å². The second kappa shape index (κ2) is 4.19. The van der Waals surface area contributed by atoms with E-state index in [1.54, 1.807) is 6.92 Å². The summed E-state index contributed by atoms with van der Waals surface area (Å²) in [6.45, 7) is 1.80. The molecule has 0 radical (unpaired) electrons. The van der Waals surface area contributed by atoms with E-state index in [0.717, 1.165) is 5.01 Å². The van der Waals surface area contributed by atoms with Gasteiger partial charge in [0.2, 0.25) is 5.13 Å². The van der Waals surface area contributed by atoms with Crippen LogP contribution in [-0.4, -0.2) is 26.1 Å². The topological polar surface area (TPSA) is 107 Å². The van der Waals surface area contributed by atoms with Crippen LogP contribution in [0.4, 0.5) is 10.9 Å². The van der Waals surface area contributed by atoms with Gasteiger partial charge >= 0.3 is 0 Å². The molecule has 2 aromatic heterocycles. The quantitative estimate of drug-likeness (QED) is 0.785. The van der Waals surface area contributed by atoms with Crippen molar-refractivity contribution in [1.82, 2.24) is 20.2 Å². The van der Waals surface area contributed by atoms with E-state index in [2.05, 4.69) is 25.5 Å². The normalized spacial score (nSPS) is 10.1. The molecule has 0 aliphatic heterocycles. The molecular weight excluding hydrogens is 228 g/mol. The molecule has 3 N–H and O–H groups in total. The zero-order valence-electron chi connectivity index (χ0n) is 8.34. The predicted octanol–water partition coefficient (Wildman–Crippen LogP) is 0.471. The number of hydrogen-bond acceptors (Lipinski definition) is 7. The van der Waals surface area contributed by atoms with E-state index in [0.29, 0.717) is 5.13 Å². The van der Waals surface area contributed by atoms with Crippen LogP contribution >= 0.6 is 11.3 Å². The summed E-state index contributed by atoms with van der Waals surface area (Å²) < 4.78 is 0. The lowest BCUT2D eigenvalue weighted by Gasteiger charge is -1.99. The Bertz CT molecular complexity index is 508. The number of amides is 1. The monoisotopic (exact) mass is 236 g/mol. The molecule has 2 rings (SSSR count). The average Bonchev–Trinajstić information content (AvgIpc) is 2.65. The van der Waals surface area contributed by atoms with Crippen molar-refractivity contribution in [3.05, 3.63) is 23.1 Å². The maximum atomic E-state index is 11.6. The maximum Gasteiger partial charge on any atom is 0.277 e.